The molecule has 1 heterocycles. The minimum absolute atomic E-state index is 0.0338. The van der Waals surface area contributed by atoms with Gasteiger partial charge in [0.05, 0.1) is 17.2 Å². The number of piperidine rings is 1. The van der Waals surface area contributed by atoms with E-state index in [4.69, 9.17) is 22.4 Å². The first-order valence-electron chi connectivity index (χ1n) is 13.6. The maximum atomic E-state index is 13.9. The number of aryl methyl sites for hydroxylation is 1. The highest BCUT2D eigenvalue weighted by atomic mass is 32.2. The van der Waals surface area contributed by atoms with E-state index in [1.165, 1.54) is 24.8 Å². The van der Waals surface area contributed by atoms with Gasteiger partial charge in [0.25, 0.3) is 0 Å². The van der Waals surface area contributed by atoms with Crippen LogP contribution in [0, 0.1) is 0 Å². The normalized spacial score (nSPS) is 16.3. The van der Waals surface area contributed by atoms with Crippen molar-refractivity contribution in [3.8, 4) is 11.5 Å². The second-order valence-corrected chi connectivity index (χ2v) is 11.5. The summed E-state index contributed by atoms with van der Waals surface area (Å²) in [5.41, 5.74) is 5.90. The molecule has 7 nitrogen and oxygen atoms in total. The molecule has 5 rings (SSSR count). The number of methoxy groups -OCH3 is 1. The molecule has 0 radical (unpaired) electrons. The predicted octanol–water partition coefficient (Wildman–Crippen LogP) is 5.81. The van der Waals surface area contributed by atoms with Gasteiger partial charge in [-0.3, -0.25) is 9.69 Å². The first-order valence-corrected chi connectivity index (χ1v) is 15.4. The van der Waals surface area contributed by atoms with Crippen LogP contribution in [-0.2, 0) is 16.5 Å². The summed E-state index contributed by atoms with van der Waals surface area (Å²) in [5.74, 6) is 1.67. The number of ether oxygens (including phenoxy) is 2. The van der Waals surface area contributed by atoms with Crippen molar-refractivity contribution in [3.05, 3.63) is 95.1 Å². The maximum absolute atomic E-state index is 13.9. The Hall–Kier alpha value is -3.46. The summed E-state index contributed by atoms with van der Waals surface area (Å²) in [6, 6.07) is 23.9. The maximum Gasteiger partial charge on any atom is 0.193 e. The number of allylic oxidation sites excluding steroid dienone is 2. The molecule has 8 heteroatoms. The Morgan fingerprint density at radius 2 is 1.48 bits per heavy atom. The number of benzene rings is 3. The smallest absolute Gasteiger partial charge is 0.193 e. The Labute approximate surface area is 237 Å². The fourth-order valence-corrected chi connectivity index (χ4v) is 5.25. The molecule has 1 unspecified atom stereocenters. The molecular weight excluding hydrogens is 526 g/mol. The van der Waals surface area contributed by atoms with E-state index in [0.717, 1.165) is 59.7 Å². The average Bonchev–Trinajstić information content (AvgIpc) is 2.96. The van der Waals surface area contributed by atoms with Crippen molar-refractivity contribution in [1.82, 2.24) is 4.90 Å². The van der Waals surface area contributed by atoms with Gasteiger partial charge in [0.15, 0.2) is 5.78 Å². The summed E-state index contributed by atoms with van der Waals surface area (Å²) in [4.78, 5) is 16.3. The van der Waals surface area contributed by atoms with E-state index >= 15 is 0 Å². The number of Topliss-reactive ketones (excluding diaryl/α,β-unsaturated/α-hetero) is 1. The summed E-state index contributed by atoms with van der Waals surface area (Å²) in [7, 11) is -2.25. The lowest BCUT2D eigenvalue weighted by Crippen LogP contribution is -2.40. The molecule has 0 N–H and O–H groups in total. The molecule has 2 aliphatic rings. The zero-order chi connectivity index (χ0) is 28.7. The van der Waals surface area contributed by atoms with Crippen molar-refractivity contribution >= 4 is 27.0 Å². The summed E-state index contributed by atoms with van der Waals surface area (Å²) < 4.78 is 38.8. The fraction of sp³-hybridized carbons (Fsp3) is 0.344. The third-order valence-electron chi connectivity index (χ3n) is 7.23. The first-order chi connectivity index (χ1) is 19.1. The molecule has 1 atom stereocenters. The second kappa shape index (κ2) is 13.3. The van der Waals surface area contributed by atoms with Gasteiger partial charge in [-0.25, -0.2) is 8.42 Å². The Morgan fingerprint density at radius 3 is 2.10 bits per heavy atom. The van der Waals surface area contributed by atoms with Crippen LogP contribution >= 0.6 is 0 Å². The minimum Gasteiger partial charge on any atom is -0.748 e. The van der Waals surface area contributed by atoms with Crippen molar-refractivity contribution in [2.24, 2.45) is 0 Å². The van der Waals surface area contributed by atoms with Crippen LogP contribution in [0.3, 0.4) is 0 Å². The number of ketones is 1. The molecule has 3 aromatic rings. The van der Waals surface area contributed by atoms with Gasteiger partial charge in [-0.2, -0.15) is 0 Å². The number of likely N-dealkylation sites (tertiary alicyclic amines) is 1. The highest BCUT2D eigenvalue weighted by molar-refractivity contribution is 7.84. The summed E-state index contributed by atoms with van der Waals surface area (Å²) in [6.45, 7) is 4.27. The van der Waals surface area contributed by atoms with Gasteiger partial charge in [-0.05, 0) is 91.3 Å². The highest BCUT2D eigenvalue weighted by Gasteiger charge is 2.26. The van der Waals surface area contributed by atoms with Crippen LogP contribution in [0.15, 0.2) is 72.8 Å². The number of carbonyl (C=O) groups excluding carboxylic acids is 1. The zero-order valence-corrected chi connectivity index (χ0v) is 24.1. The lowest BCUT2D eigenvalue weighted by atomic mass is 9.79. The molecule has 0 bridgehead atoms. The topological polar surface area (TPSA) is 96.0 Å². The predicted molar refractivity (Wildman–Crippen MR) is 156 cm³/mol. The van der Waals surface area contributed by atoms with Gasteiger partial charge in [-0.1, -0.05) is 42.8 Å². The molecule has 40 heavy (non-hydrogen) atoms. The molecule has 212 valence electrons. The molecule has 0 aromatic heterocycles. The van der Waals surface area contributed by atoms with E-state index in [2.05, 4.69) is 30.0 Å². The van der Waals surface area contributed by atoms with Crippen molar-refractivity contribution in [2.75, 3.05) is 26.5 Å². The highest BCUT2D eigenvalue weighted by Crippen LogP contribution is 2.39. The zero-order valence-electron chi connectivity index (χ0n) is 23.3. The van der Waals surface area contributed by atoms with Gasteiger partial charge in [-0.15, -0.1) is 0 Å². The van der Waals surface area contributed by atoms with Crippen LogP contribution < -0.4 is 9.47 Å². The quantitative estimate of drug-likeness (QED) is 0.265. The van der Waals surface area contributed by atoms with Crippen molar-refractivity contribution in [1.29, 1.82) is 0 Å². The first kappa shape index (κ1) is 29.5. The SMILES string of the molecule is COc1ccc(C2=C(C(=O)c3ccc(OC(C)N4CCCCC4)cc3)c3ccccc3CC2)cc1.CS(=O)(=O)[O-]. The monoisotopic (exact) mass is 562 g/mol. The Kier molecular flexibility index (Phi) is 9.79. The minimum atomic E-state index is -3.92. The molecule has 1 aliphatic heterocycles. The number of hydrogen-bond donors (Lipinski definition) is 0. The molecule has 1 fully saturated rings. The van der Waals surface area contributed by atoms with E-state index in [1.807, 2.05) is 54.6 Å². The molecule has 1 saturated heterocycles. The van der Waals surface area contributed by atoms with E-state index in [-0.39, 0.29) is 12.0 Å². The lowest BCUT2D eigenvalue weighted by molar-refractivity contribution is 0.0262. The van der Waals surface area contributed by atoms with Crippen LogP contribution in [-0.4, -0.2) is 56.3 Å². The number of rotatable bonds is 7. The molecule has 0 saturated carbocycles. The van der Waals surface area contributed by atoms with Gasteiger partial charge >= 0.3 is 0 Å². The summed E-state index contributed by atoms with van der Waals surface area (Å²) >= 11 is 0. The molecular formula is C32H36NO6S-. The Balaban J connectivity index is 0.000000681. The third-order valence-corrected chi connectivity index (χ3v) is 7.23. The Morgan fingerprint density at radius 1 is 0.875 bits per heavy atom. The third kappa shape index (κ3) is 7.81. The fourth-order valence-electron chi connectivity index (χ4n) is 5.25. The van der Waals surface area contributed by atoms with Gasteiger partial charge in [0.2, 0.25) is 0 Å². The number of hydrogen-bond acceptors (Lipinski definition) is 7. The summed E-state index contributed by atoms with van der Waals surface area (Å²) in [6.07, 6.45) is 6.16. The van der Waals surface area contributed by atoms with Gasteiger partial charge in [0, 0.05) is 30.5 Å². The van der Waals surface area contributed by atoms with E-state index in [9.17, 15) is 4.79 Å². The standard InChI is InChI=1S/C31H33NO3.CH4O3S/c1-22(32-20-6-3-7-21-32)35-27-17-12-25(13-18-27)31(33)30-28-9-5-4-8-23(28)14-19-29(30)24-10-15-26(34-2)16-11-24;1-5(2,3)4/h4-5,8-13,15-18,22H,3,6-7,14,19-21H2,1-2H3;1H3,(H,2,3,4)/p-1. The van der Waals surface area contributed by atoms with E-state index in [1.54, 1.807) is 7.11 Å². The molecule has 0 amide bonds. The van der Waals surface area contributed by atoms with Crippen LogP contribution in [0.5, 0.6) is 11.5 Å². The van der Waals surface area contributed by atoms with Crippen LogP contribution in [0.1, 0.15) is 59.7 Å². The molecule has 1 aliphatic carbocycles. The van der Waals surface area contributed by atoms with Crippen molar-refractivity contribution in [3.63, 3.8) is 0 Å². The van der Waals surface area contributed by atoms with Crippen molar-refractivity contribution < 1.29 is 27.2 Å². The largest absolute Gasteiger partial charge is 0.748 e. The molecule has 0 spiro atoms. The van der Waals surface area contributed by atoms with Crippen molar-refractivity contribution in [2.45, 2.75) is 45.3 Å². The Bertz CT molecular complexity index is 1430. The average molecular weight is 563 g/mol. The second-order valence-electron chi connectivity index (χ2n) is 10.1. The van der Waals surface area contributed by atoms with E-state index in [0.29, 0.717) is 11.8 Å². The van der Waals surface area contributed by atoms with Gasteiger partial charge in [0.1, 0.15) is 17.7 Å². The van der Waals surface area contributed by atoms with Crippen LogP contribution in [0.25, 0.3) is 11.1 Å². The molecule has 3 aromatic carbocycles. The summed E-state index contributed by atoms with van der Waals surface area (Å²) in [5, 5.41) is 0. The van der Waals surface area contributed by atoms with Crippen LogP contribution in [0.4, 0.5) is 0 Å². The van der Waals surface area contributed by atoms with Gasteiger partial charge < -0.3 is 14.0 Å². The number of fused-ring (bicyclic) bond motifs is 1. The van der Waals surface area contributed by atoms with Crippen LogP contribution in [0.2, 0.25) is 0 Å². The number of nitrogens with zero attached hydrogens (tertiary/aromatic N) is 1. The lowest BCUT2D eigenvalue weighted by Gasteiger charge is -2.32. The van der Waals surface area contributed by atoms with E-state index < -0.39 is 10.1 Å². The number of carbonyl (C=O) groups is 1.